The standard InChI is InChI=1S/C20H27N3O4/c1-20(2,3)27-18(24)17-15-10-22(11-16(15)17)12-4-6-13(7-5-12)23-9-14(8-21)26-19(23)25/h4-7,14-17H,8-11,21H2,1-3H3. The molecule has 2 N–H and O–H groups in total. The summed E-state index contributed by atoms with van der Waals surface area (Å²) in [6.45, 7) is 8.27. The first-order chi connectivity index (χ1) is 12.8. The van der Waals surface area contributed by atoms with Crippen LogP contribution < -0.4 is 15.5 Å². The molecular weight excluding hydrogens is 346 g/mol. The van der Waals surface area contributed by atoms with Crippen LogP contribution in [0.4, 0.5) is 16.2 Å². The Morgan fingerprint density at radius 3 is 2.26 bits per heavy atom. The van der Waals surface area contributed by atoms with Gasteiger partial charge >= 0.3 is 12.1 Å². The highest BCUT2D eigenvalue weighted by Gasteiger charge is 2.60. The molecule has 2 heterocycles. The third-order valence-electron chi connectivity index (χ3n) is 5.54. The van der Waals surface area contributed by atoms with Gasteiger partial charge in [-0.25, -0.2) is 4.79 Å². The Hall–Kier alpha value is -2.28. The number of amides is 1. The van der Waals surface area contributed by atoms with Crippen molar-refractivity contribution in [2.24, 2.45) is 23.5 Å². The third kappa shape index (κ3) is 3.48. The maximum Gasteiger partial charge on any atom is 0.414 e. The van der Waals surface area contributed by atoms with Crippen LogP contribution in [0.25, 0.3) is 0 Å². The van der Waals surface area contributed by atoms with Gasteiger partial charge in [0.05, 0.1) is 12.5 Å². The summed E-state index contributed by atoms with van der Waals surface area (Å²) in [5.74, 6) is 0.763. The van der Waals surface area contributed by atoms with Crippen molar-refractivity contribution >= 4 is 23.4 Å². The van der Waals surface area contributed by atoms with Crippen LogP contribution in [0.1, 0.15) is 20.8 Å². The van der Waals surface area contributed by atoms with Gasteiger partial charge in [-0.2, -0.15) is 0 Å². The van der Waals surface area contributed by atoms with Crippen LogP contribution in [0, 0.1) is 17.8 Å². The summed E-state index contributed by atoms with van der Waals surface area (Å²) >= 11 is 0. The van der Waals surface area contributed by atoms with E-state index in [0.717, 1.165) is 24.5 Å². The number of rotatable bonds is 4. The van der Waals surface area contributed by atoms with E-state index in [-0.39, 0.29) is 24.1 Å². The summed E-state index contributed by atoms with van der Waals surface area (Å²) in [5, 5.41) is 0. The Kier molecular flexibility index (Phi) is 4.29. The fourth-order valence-electron chi connectivity index (χ4n) is 4.16. The molecule has 146 valence electrons. The van der Waals surface area contributed by atoms with Gasteiger partial charge in [-0.1, -0.05) is 0 Å². The Labute approximate surface area is 159 Å². The van der Waals surface area contributed by atoms with E-state index in [0.29, 0.717) is 24.9 Å². The highest BCUT2D eigenvalue weighted by Crippen LogP contribution is 2.53. The van der Waals surface area contributed by atoms with E-state index in [1.54, 1.807) is 4.90 Å². The van der Waals surface area contributed by atoms with Crippen molar-refractivity contribution in [3.8, 4) is 0 Å². The molecule has 2 aliphatic heterocycles. The lowest BCUT2D eigenvalue weighted by atomic mass is 10.2. The fraction of sp³-hybridized carbons (Fsp3) is 0.600. The lowest BCUT2D eigenvalue weighted by Crippen LogP contribution is -2.30. The van der Waals surface area contributed by atoms with Gasteiger partial charge in [0.2, 0.25) is 0 Å². The molecule has 3 aliphatic rings. The van der Waals surface area contributed by atoms with Gasteiger partial charge in [-0.15, -0.1) is 0 Å². The molecule has 3 fully saturated rings. The number of nitrogens with two attached hydrogens (primary N) is 1. The van der Waals surface area contributed by atoms with Crippen LogP contribution >= 0.6 is 0 Å². The van der Waals surface area contributed by atoms with Crippen LogP contribution in [0.2, 0.25) is 0 Å². The van der Waals surface area contributed by atoms with E-state index >= 15 is 0 Å². The number of cyclic esters (lactones) is 1. The summed E-state index contributed by atoms with van der Waals surface area (Å²) in [7, 11) is 0. The van der Waals surface area contributed by atoms with Crippen LogP contribution in [-0.2, 0) is 14.3 Å². The first kappa shape index (κ1) is 18.1. The predicted molar refractivity (Wildman–Crippen MR) is 102 cm³/mol. The first-order valence-electron chi connectivity index (χ1n) is 9.53. The van der Waals surface area contributed by atoms with Gasteiger partial charge in [0, 0.05) is 31.0 Å². The molecule has 0 aromatic heterocycles. The summed E-state index contributed by atoms with van der Waals surface area (Å²) in [6, 6.07) is 7.91. The zero-order valence-electron chi connectivity index (χ0n) is 16.1. The van der Waals surface area contributed by atoms with Crippen molar-refractivity contribution < 1.29 is 19.1 Å². The number of hydrogen-bond donors (Lipinski definition) is 1. The molecule has 0 bridgehead atoms. The Morgan fingerprint density at radius 1 is 1.15 bits per heavy atom. The fourth-order valence-corrected chi connectivity index (χ4v) is 4.16. The Morgan fingerprint density at radius 2 is 1.74 bits per heavy atom. The summed E-state index contributed by atoms with van der Waals surface area (Å²) in [4.78, 5) is 28.1. The van der Waals surface area contributed by atoms with E-state index in [9.17, 15) is 9.59 Å². The SMILES string of the molecule is CC(C)(C)OC(=O)C1C2CN(c3ccc(N4CC(CN)OC4=O)cc3)CC21. The van der Waals surface area contributed by atoms with E-state index in [1.165, 1.54) is 0 Å². The Bertz CT molecular complexity index is 731. The number of carbonyl (C=O) groups is 2. The summed E-state index contributed by atoms with van der Waals surface area (Å²) in [5.41, 5.74) is 7.08. The normalized spacial score (nSPS) is 29.6. The second kappa shape index (κ2) is 6.41. The van der Waals surface area contributed by atoms with Gasteiger partial charge in [-0.05, 0) is 56.9 Å². The van der Waals surface area contributed by atoms with Crippen LogP contribution in [-0.4, -0.2) is 49.9 Å². The summed E-state index contributed by atoms with van der Waals surface area (Å²) in [6.07, 6.45) is -0.589. The van der Waals surface area contributed by atoms with Gasteiger partial charge in [0.25, 0.3) is 0 Å². The number of ether oxygens (including phenoxy) is 2. The molecule has 0 radical (unpaired) electrons. The maximum absolute atomic E-state index is 12.3. The van der Waals surface area contributed by atoms with Gasteiger partial charge in [0.1, 0.15) is 11.7 Å². The van der Waals surface area contributed by atoms with Crippen LogP contribution in [0.5, 0.6) is 0 Å². The monoisotopic (exact) mass is 373 g/mol. The Balaban J connectivity index is 1.35. The molecule has 4 rings (SSSR count). The molecule has 1 aromatic rings. The third-order valence-corrected chi connectivity index (χ3v) is 5.54. The number of nitrogens with zero attached hydrogens (tertiary/aromatic N) is 2. The van der Waals surface area contributed by atoms with Crippen LogP contribution in [0.15, 0.2) is 24.3 Å². The minimum atomic E-state index is -0.427. The number of benzene rings is 1. The smallest absolute Gasteiger partial charge is 0.414 e. The van der Waals surface area contributed by atoms with Crippen LogP contribution in [0.3, 0.4) is 0 Å². The zero-order valence-corrected chi connectivity index (χ0v) is 16.1. The van der Waals surface area contributed by atoms with Crippen molar-refractivity contribution in [1.82, 2.24) is 0 Å². The number of carbonyl (C=O) groups excluding carboxylic acids is 2. The van der Waals surface area contributed by atoms with Gasteiger partial charge in [-0.3, -0.25) is 9.69 Å². The second-order valence-electron chi connectivity index (χ2n) is 8.66. The average molecular weight is 373 g/mol. The molecule has 1 amide bonds. The molecule has 3 atom stereocenters. The van der Waals surface area contributed by atoms with E-state index in [2.05, 4.69) is 4.90 Å². The average Bonchev–Trinajstić information content (AvgIpc) is 2.93. The quantitative estimate of drug-likeness (QED) is 0.813. The largest absolute Gasteiger partial charge is 0.460 e. The molecule has 3 unspecified atom stereocenters. The molecule has 2 saturated heterocycles. The highest BCUT2D eigenvalue weighted by molar-refractivity contribution is 5.90. The number of anilines is 2. The minimum Gasteiger partial charge on any atom is -0.460 e. The topological polar surface area (TPSA) is 85.1 Å². The van der Waals surface area contributed by atoms with Crippen molar-refractivity contribution in [1.29, 1.82) is 0 Å². The lowest BCUT2D eigenvalue weighted by Gasteiger charge is -2.24. The van der Waals surface area contributed by atoms with E-state index < -0.39 is 5.60 Å². The highest BCUT2D eigenvalue weighted by atomic mass is 16.6. The van der Waals surface area contributed by atoms with Gasteiger partial charge < -0.3 is 20.1 Å². The summed E-state index contributed by atoms with van der Waals surface area (Å²) < 4.78 is 10.7. The number of hydrogen-bond acceptors (Lipinski definition) is 6. The minimum absolute atomic E-state index is 0.0484. The molecule has 7 nitrogen and oxygen atoms in total. The molecule has 1 saturated carbocycles. The van der Waals surface area contributed by atoms with Crippen molar-refractivity contribution in [2.45, 2.75) is 32.5 Å². The molecule has 0 spiro atoms. The molecule has 1 aromatic carbocycles. The first-order valence-corrected chi connectivity index (χ1v) is 9.53. The van der Waals surface area contributed by atoms with Gasteiger partial charge in [0.15, 0.2) is 0 Å². The molecule has 7 heteroatoms. The van der Waals surface area contributed by atoms with Crippen molar-refractivity contribution in [2.75, 3.05) is 36.0 Å². The molecular formula is C20H27N3O4. The second-order valence-corrected chi connectivity index (χ2v) is 8.66. The predicted octanol–water partition coefficient (Wildman–Crippen LogP) is 1.99. The molecule has 1 aliphatic carbocycles. The van der Waals surface area contributed by atoms with E-state index in [4.69, 9.17) is 15.2 Å². The van der Waals surface area contributed by atoms with Crippen molar-refractivity contribution in [3.63, 3.8) is 0 Å². The van der Waals surface area contributed by atoms with Crippen molar-refractivity contribution in [3.05, 3.63) is 24.3 Å². The maximum atomic E-state index is 12.3. The molecule has 27 heavy (non-hydrogen) atoms. The number of esters is 1. The lowest BCUT2D eigenvalue weighted by molar-refractivity contribution is -0.157. The number of fused-ring (bicyclic) bond motifs is 1. The van der Waals surface area contributed by atoms with E-state index in [1.807, 2.05) is 45.0 Å². The zero-order chi connectivity index (χ0) is 19.3. The number of piperidine rings is 1.